The van der Waals surface area contributed by atoms with E-state index in [-0.39, 0.29) is 31.5 Å². The lowest BCUT2D eigenvalue weighted by Gasteiger charge is -2.21. The first-order valence-electron chi connectivity index (χ1n) is 25.1. The van der Waals surface area contributed by atoms with Crippen LogP contribution in [-0.2, 0) is 46.3 Å². The number of ether oxygens (including phenoxy) is 3. The van der Waals surface area contributed by atoms with Crippen molar-refractivity contribution in [3.05, 3.63) is 95.7 Å². The topological polar surface area (TPSA) is 286 Å². The van der Waals surface area contributed by atoms with Crippen molar-refractivity contribution in [2.24, 2.45) is 0 Å². The number of nitrogens with zero attached hydrogens (tertiary/aromatic N) is 2. The highest BCUT2D eigenvalue weighted by molar-refractivity contribution is 7.61. The molecule has 2 rings (SSSR count). The second-order valence-electron chi connectivity index (χ2n) is 17.2. The van der Waals surface area contributed by atoms with E-state index in [1.165, 1.54) is 44.6 Å². The van der Waals surface area contributed by atoms with Gasteiger partial charge in [0.2, 0.25) is 0 Å². The summed E-state index contributed by atoms with van der Waals surface area (Å²) in [4.78, 5) is 61.9. The standard InChI is InChI=1S/C50H81N3O16P2/c1-3-5-7-9-11-13-15-17-18-20-22-24-26-28-30-34-45(55)64-38-42(67-46(56)35-31-33-41(54)32-29-27-25-23-21-19-16-14-12-10-8-6-4-2)39-65-70(60,61)69-71(62,63)66-40-43-47(57)48(58)49(68-43)53-37-36-44(51)52-50(53)59/h11-14,17-19,21,25,27,29,32,36-37,41-43,47-49,54,57-58H,3-10,15-16,20,22-24,26,28,30-31,33-35,38-40H2,1-2H3,(H,60,61)(H,62,63)(H2,51,52,59)/b13-11-,14-12-,18-17-,21-19-,27-25-,32-29+/t41-,42+,43+,47+,48+,49+/m0/s1. The molecule has 0 radical (unpaired) electrons. The number of rotatable bonds is 40. The number of carbonyl (C=O) groups is 2. The molecule has 402 valence electrons. The Bertz CT molecular complexity index is 1990. The van der Waals surface area contributed by atoms with Gasteiger partial charge in [0.15, 0.2) is 12.3 Å². The minimum absolute atomic E-state index is 0.0671. The van der Waals surface area contributed by atoms with Crippen molar-refractivity contribution >= 4 is 33.4 Å². The summed E-state index contributed by atoms with van der Waals surface area (Å²) in [6.07, 6.45) is 34.3. The van der Waals surface area contributed by atoms with Crippen LogP contribution >= 0.6 is 15.6 Å². The van der Waals surface area contributed by atoms with E-state index in [4.69, 9.17) is 29.0 Å². The molecule has 0 spiro atoms. The molecular weight excluding hydrogens is 961 g/mol. The van der Waals surface area contributed by atoms with E-state index >= 15 is 0 Å². The monoisotopic (exact) mass is 1040 g/mol. The van der Waals surface area contributed by atoms with Crippen molar-refractivity contribution < 1.29 is 71.4 Å². The number of nitrogen functional groups attached to an aromatic ring is 1. The smallest absolute Gasteiger partial charge is 0.462 e. The van der Waals surface area contributed by atoms with E-state index in [2.05, 4.69) is 71.8 Å². The van der Waals surface area contributed by atoms with E-state index in [9.17, 15) is 48.6 Å². The molecule has 1 fully saturated rings. The molecule has 7 N–H and O–H groups in total. The maximum Gasteiger partial charge on any atom is 0.481 e. The number of esters is 2. The molecule has 0 bridgehead atoms. The van der Waals surface area contributed by atoms with E-state index < -0.39 is 89.8 Å². The molecule has 8 atom stereocenters. The number of aromatic nitrogens is 2. The lowest BCUT2D eigenvalue weighted by molar-refractivity contribution is -0.161. The summed E-state index contributed by atoms with van der Waals surface area (Å²) in [6.45, 7) is 1.89. The quantitative estimate of drug-likeness (QED) is 0.0117. The van der Waals surface area contributed by atoms with Crippen molar-refractivity contribution in [1.82, 2.24) is 9.55 Å². The molecule has 0 aromatic carbocycles. The summed E-state index contributed by atoms with van der Waals surface area (Å²) < 4.78 is 56.6. The third-order valence-corrected chi connectivity index (χ3v) is 13.5. The first-order chi connectivity index (χ1) is 34.1. The van der Waals surface area contributed by atoms with Crippen LogP contribution in [0.5, 0.6) is 0 Å². The van der Waals surface area contributed by atoms with Crippen LogP contribution in [0, 0.1) is 0 Å². The van der Waals surface area contributed by atoms with Gasteiger partial charge in [0.05, 0.1) is 19.3 Å². The second-order valence-corrected chi connectivity index (χ2v) is 20.2. The van der Waals surface area contributed by atoms with Crippen LogP contribution in [0.1, 0.15) is 155 Å². The summed E-state index contributed by atoms with van der Waals surface area (Å²) in [5, 5.41) is 31.3. The van der Waals surface area contributed by atoms with Crippen molar-refractivity contribution in [3.8, 4) is 0 Å². The van der Waals surface area contributed by atoms with Crippen LogP contribution < -0.4 is 11.4 Å². The van der Waals surface area contributed by atoms with Crippen molar-refractivity contribution in [2.75, 3.05) is 25.6 Å². The van der Waals surface area contributed by atoms with Crippen LogP contribution in [0.15, 0.2) is 90.0 Å². The minimum Gasteiger partial charge on any atom is -0.462 e. The van der Waals surface area contributed by atoms with Crippen molar-refractivity contribution in [1.29, 1.82) is 0 Å². The number of phosphoric ester groups is 2. The zero-order valence-electron chi connectivity index (χ0n) is 41.6. The van der Waals surface area contributed by atoms with Crippen LogP contribution in [0.25, 0.3) is 0 Å². The van der Waals surface area contributed by atoms with E-state index in [0.717, 1.165) is 75.0 Å². The van der Waals surface area contributed by atoms with Gasteiger partial charge >= 0.3 is 33.3 Å². The minimum atomic E-state index is -5.48. The summed E-state index contributed by atoms with van der Waals surface area (Å²) in [6, 6.07) is 1.23. The Labute approximate surface area is 419 Å². The molecule has 19 nitrogen and oxygen atoms in total. The van der Waals surface area contributed by atoms with Gasteiger partial charge in [-0.15, -0.1) is 0 Å². The highest BCUT2D eigenvalue weighted by atomic mass is 31.3. The van der Waals surface area contributed by atoms with Crippen LogP contribution in [0.2, 0.25) is 0 Å². The van der Waals surface area contributed by atoms with Gasteiger partial charge < -0.3 is 45.1 Å². The summed E-state index contributed by atoms with van der Waals surface area (Å²) >= 11 is 0. The molecule has 1 aliphatic heterocycles. The number of anilines is 1. The molecule has 0 saturated carbocycles. The zero-order valence-corrected chi connectivity index (χ0v) is 43.4. The maximum atomic E-state index is 12.9. The van der Waals surface area contributed by atoms with Gasteiger partial charge in [0.1, 0.15) is 30.7 Å². The molecule has 1 aromatic rings. The Morgan fingerprint density at radius 2 is 1.31 bits per heavy atom. The number of allylic oxidation sites excluding steroid dienone is 11. The molecule has 1 saturated heterocycles. The van der Waals surface area contributed by atoms with Gasteiger partial charge in [-0.2, -0.15) is 9.29 Å². The van der Waals surface area contributed by atoms with Gasteiger partial charge in [-0.25, -0.2) is 13.9 Å². The molecule has 0 amide bonds. The Morgan fingerprint density at radius 3 is 1.94 bits per heavy atom. The number of phosphoric acid groups is 2. The van der Waals surface area contributed by atoms with Gasteiger partial charge in [-0.1, -0.05) is 132 Å². The van der Waals surface area contributed by atoms with Crippen LogP contribution in [-0.4, -0.2) is 96.9 Å². The number of hydrogen-bond acceptors (Lipinski definition) is 16. The SMILES string of the molecule is CCCCC/C=C\C/C=C\C/C=C\C=C\[C@H](O)CCCC(=O)O[C@H](COC(=O)CCCCCCC/C=C\C/C=C\CCCCC)COP(=O)(O)OP(=O)(O)OC[C@H]1O[C@@H](n2ccc(N)nc2=O)[C@H](O)[C@@H]1O. The molecule has 2 heterocycles. The number of aliphatic hydroxyl groups excluding tert-OH is 3. The molecule has 71 heavy (non-hydrogen) atoms. The maximum absolute atomic E-state index is 12.9. The molecule has 1 aliphatic rings. The number of unbranched alkanes of at least 4 members (excludes halogenated alkanes) is 11. The fourth-order valence-electron chi connectivity index (χ4n) is 6.92. The Balaban J connectivity index is 1.87. The third-order valence-electron chi connectivity index (χ3n) is 10.9. The summed E-state index contributed by atoms with van der Waals surface area (Å²) in [7, 11) is -10.9. The van der Waals surface area contributed by atoms with Crippen LogP contribution in [0.4, 0.5) is 5.82 Å². The zero-order chi connectivity index (χ0) is 52.2. The summed E-state index contributed by atoms with van der Waals surface area (Å²) in [5.74, 6) is -1.53. The lowest BCUT2D eigenvalue weighted by Crippen LogP contribution is -2.36. The van der Waals surface area contributed by atoms with E-state index in [1.54, 1.807) is 12.2 Å². The molecule has 2 unspecified atom stereocenters. The first-order valence-corrected chi connectivity index (χ1v) is 28.0. The van der Waals surface area contributed by atoms with E-state index in [0.29, 0.717) is 6.42 Å². The third kappa shape index (κ3) is 30.7. The normalized spacial score (nSPS) is 20.2. The molecular formula is C50H81N3O16P2. The van der Waals surface area contributed by atoms with Crippen molar-refractivity contribution in [2.45, 2.75) is 185 Å². The second kappa shape index (κ2) is 37.8. The predicted molar refractivity (Wildman–Crippen MR) is 271 cm³/mol. The Kier molecular flexibility index (Phi) is 33.7. The summed E-state index contributed by atoms with van der Waals surface area (Å²) in [5.41, 5.74) is 4.57. The lowest BCUT2D eigenvalue weighted by atomic mass is 10.1. The average molecular weight is 1040 g/mol. The predicted octanol–water partition coefficient (Wildman–Crippen LogP) is 9.08. The largest absolute Gasteiger partial charge is 0.481 e. The Hall–Kier alpha value is -3.84. The molecule has 1 aromatic heterocycles. The number of hydrogen-bond donors (Lipinski definition) is 6. The van der Waals surface area contributed by atoms with Gasteiger partial charge in [0, 0.05) is 19.0 Å². The Morgan fingerprint density at radius 1 is 0.746 bits per heavy atom. The fourth-order valence-corrected chi connectivity index (χ4v) is 9.03. The highest BCUT2D eigenvalue weighted by Crippen LogP contribution is 2.60. The molecule has 0 aliphatic carbocycles. The van der Waals surface area contributed by atoms with E-state index in [1.807, 2.05) is 12.2 Å². The highest BCUT2D eigenvalue weighted by Gasteiger charge is 2.46. The number of nitrogens with two attached hydrogens (primary N) is 1. The van der Waals surface area contributed by atoms with Gasteiger partial charge in [0.25, 0.3) is 0 Å². The first kappa shape index (κ1) is 63.3. The van der Waals surface area contributed by atoms with Crippen molar-refractivity contribution in [3.63, 3.8) is 0 Å². The van der Waals surface area contributed by atoms with Gasteiger partial charge in [-0.3, -0.25) is 23.2 Å². The number of carbonyl (C=O) groups excluding carboxylic acids is 2. The molecule has 21 heteroatoms. The van der Waals surface area contributed by atoms with Gasteiger partial charge in [-0.05, 0) is 83.1 Å². The fraction of sp³-hybridized carbons (Fsp3) is 0.640. The van der Waals surface area contributed by atoms with Crippen LogP contribution in [0.3, 0.4) is 0 Å². The average Bonchev–Trinajstić information content (AvgIpc) is 3.60. The number of aliphatic hydroxyl groups is 3.